The van der Waals surface area contributed by atoms with Crippen LogP contribution in [0.25, 0.3) is 17.1 Å². The van der Waals surface area contributed by atoms with Crippen molar-refractivity contribution in [3.63, 3.8) is 0 Å². The van der Waals surface area contributed by atoms with Crippen LogP contribution in [0.3, 0.4) is 0 Å². The number of aromatic nitrogens is 2. The minimum atomic E-state index is -1.12. The van der Waals surface area contributed by atoms with Crippen LogP contribution >= 0.6 is 22.9 Å². The average Bonchev–Trinajstić information content (AvgIpc) is 3.03. The summed E-state index contributed by atoms with van der Waals surface area (Å²) in [6, 6.07) is 7.45. The summed E-state index contributed by atoms with van der Waals surface area (Å²) < 4.78 is 6.69. The molecule has 0 fully saturated rings. The van der Waals surface area contributed by atoms with Crippen molar-refractivity contribution in [1.29, 1.82) is 0 Å². The summed E-state index contributed by atoms with van der Waals surface area (Å²) in [6.07, 6.45) is 4.59. The van der Waals surface area contributed by atoms with Gasteiger partial charge in [-0.3, -0.25) is 9.20 Å². The molecule has 25 heavy (non-hydrogen) atoms. The molecular formula is C17H13ClN2O4S. The van der Waals surface area contributed by atoms with E-state index in [1.807, 2.05) is 31.2 Å². The van der Waals surface area contributed by atoms with Gasteiger partial charge in [-0.15, -0.1) is 0 Å². The summed E-state index contributed by atoms with van der Waals surface area (Å²) >= 11 is 7.02. The largest absolute Gasteiger partial charge is 0.493 e. The van der Waals surface area contributed by atoms with E-state index in [1.54, 1.807) is 12.2 Å². The van der Waals surface area contributed by atoms with Crippen molar-refractivity contribution in [2.75, 3.05) is 6.61 Å². The highest BCUT2D eigenvalue weighted by atomic mass is 35.5. The van der Waals surface area contributed by atoms with Gasteiger partial charge in [0.05, 0.1) is 12.3 Å². The summed E-state index contributed by atoms with van der Waals surface area (Å²) in [7, 11) is 0. The van der Waals surface area contributed by atoms with E-state index >= 15 is 0 Å². The van der Waals surface area contributed by atoms with E-state index in [0.29, 0.717) is 12.4 Å². The van der Waals surface area contributed by atoms with Crippen LogP contribution in [0.5, 0.6) is 5.75 Å². The molecule has 8 heteroatoms. The van der Waals surface area contributed by atoms with Crippen molar-refractivity contribution >= 4 is 46.0 Å². The maximum absolute atomic E-state index is 12.3. The van der Waals surface area contributed by atoms with Crippen LogP contribution in [0.15, 0.2) is 35.3 Å². The first kappa shape index (κ1) is 17.2. The van der Waals surface area contributed by atoms with Crippen molar-refractivity contribution in [2.45, 2.75) is 6.92 Å². The third kappa shape index (κ3) is 3.42. The van der Waals surface area contributed by atoms with Crippen LogP contribution in [0.1, 0.15) is 27.9 Å². The number of rotatable bonds is 5. The number of hydrogen-bond donors (Lipinski definition) is 1. The van der Waals surface area contributed by atoms with Gasteiger partial charge in [0.2, 0.25) is 0 Å². The Hall–Kier alpha value is -2.64. The Morgan fingerprint density at radius 2 is 2.16 bits per heavy atom. The SMILES string of the molecule is CCOc1ccccc1/C=C/c1nc2sc(C(=O)O)cn2c(=O)c1Cl. The maximum Gasteiger partial charge on any atom is 0.347 e. The Bertz CT molecular complexity index is 1040. The van der Waals surface area contributed by atoms with Gasteiger partial charge in [0.1, 0.15) is 15.6 Å². The highest BCUT2D eigenvalue weighted by Gasteiger charge is 2.15. The maximum atomic E-state index is 12.3. The number of thiazole rings is 1. The zero-order valence-electron chi connectivity index (χ0n) is 13.1. The Balaban J connectivity index is 2.06. The number of fused-ring (bicyclic) bond motifs is 1. The highest BCUT2D eigenvalue weighted by molar-refractivity contribution is 7.18. The van der Waals surface area contributed by atoms with Crippen molar-refractivity contribution in [3.05, 3.63) is 62.0 Å². The van der Waals surface area contributed by atoms with Gasteiger partial charge in [-0.2, -0.15) is 0 Å². The molecule has 1 aromatic carbocycles. The Morgan fingerprint density at radius 1 is 1.40 bits per heavy atom. The Kier molecular flexibility index (Phi) is 4.87. The number of aromatic carboxylic acids is 1. The summed E-state index contributed by atoms with van der Waals surface area (Å²) in [6.45, 7) is 2.43. The second-order valence-electron chi connectivity index (χ2n) is 4.97. The lowest BCUT2D eigenvalue weighted by Crippen LogP contribution is -2.14. The summed E-state index contributed by atoms with van der Waals surface area (Å²) in [4.78, 5) is 28.0. The monoisotopic (exact) mass is 376 g/mol. The van der Waals surface area contributed by atoms with Crippen molar-refractivity contribution in [2.24, 2.45) is 0 Å². The van der Waals surface area contributed by atoms with E-state index in [-0.39, 0.29) is 20.6 Å². The number of hydrogen-bond acceptors (Lipinski definition) is 5. The number of ether oxygens (including phenoxy) is 1. The molecule has 0 aliphatic rings. The number of carboxylic acids is 1. The van der Waals surface area contributed by atoms with Crippen molar-refractivity contribution in [3.8, 4) is 5.75 Å². The lowest BCUT2D eigenvalue weighted by Gasteiger charge is -2.06. The standard InChI is InChI=1S/C17H13ClN2O4S/c1-2-24-12-6-4-3-5-10(12)7-8-11-14(18)15(21)20-9-13(16(22)23)25-17(20)19-11/h3-9H,2H2,1H3,(H,22,23)/b8-7+. The van der Waals surface area contributed by atoms with Crippen LogP contribution in [-0.4, -0.2) is 27.1 Å². The van der Waals surface area contributed by atoms with Gasteiger partial charge in [0, 0.05) is 11.8 Å². The molecule has 2 heterocycles. The molecule has 0 saturated carbocycles. The van der Waals surface area contributed by atoms with Gasteiger partial charge < -0.3 is 9.84 Å². The highest BCUT2D eigenvalue weighted by Crippen LogP contribution is 2.23. The lowest BCUT2D eigenvalue weighted by molar-refractivity contribution is 0.0701. The Morgan fingerprint density at radius 3 is 2.88 bits per heavy atom. The first-order valence-corrected chi connectivity index (χ1v) is 8.55. The van der Waals surface area contributed by atoms with Crippen LogP contribution in [-0.2, 0) is 0 Å². The fraction of sp³-hybridized carbons (Fsp3) is 0.118. The number of nitrogens with zero attached hydrogens (tertiary/aromatic N) is 2. The molecule has 3 rings (SSSR count). The van der Waals surface area contributed by atoms with Gasteiger partial charge in [0.15, 0.2) is 4.96 Å². The molecule has 0 saturated heterocycles. The molecule has 0 unspecified atom stereocenters. The second kappa shape index (κ2) is 7.08. The van der Waals surface area contributed by atoms with Crippen molar-refractivity contribution < 1.29 is 14.6 Å². The zero-order chi connectivity index (χ0) is 18.0. The lowest BCUT2D eigenvalue weighted by atomic mass is 10.1. The summed E-state index contributed by atoms with van der Waals surface area (Å²) in [5.41, 5.74) is 0.588. The fourth-order valence-electron chi connectivity index (χ4n) is 2.22. The van der Waals surface area contributed by atoms with E-state index in [0.717, 1.165) is 21.3 Å². The van der Waals surface area contributed by atoms with E-state index in [4.69, 9.17) is 21.4 Å². The molecule has 0 aliphatic heterocycles. The molecule has 6 nitrogen and oxygen atoms in total. The number of carboxylic acid groups (broad SMARTS) is 1. The van der Waals surface area contributed by atoms with E-state index in [9.17, 15) is 9.59 Å². The molecular weight excluding hydrogens is 364 g/mol. The number of benzene rings is 1. The van der Waals surface area contributed by atoms with Gasteiger partial charge >= 0.3 is 5.97 Å². The average molecular weight is 377 g/mol. The molecule has 2 aromatic heterocycles. The Labute approximate surface area is 151 Å². The minimum Gasteiger partial charge on any atom is -0.493 e. The topological polar surface area (TPSA) is 80.9 Å². The van der Waals surface area contributed by atoms with Crippen LogP contribution in [0.4, 0.5) is 0 Å². The van der Waals surface area contributed by atoms with Gasteiger partial charge in [-0.05, 0) is 25.1 Å². The molecule has 3 aromatic rings. The predicted octanol–water partition coefficient (Wildman–Crippen LogP) is 3.68. The molecule has 0 radical (unpaired) electrons. The molecule has 0 spiro atoms. The normalized spacial score (nSPS) is 11.3. The zero-order valence-corrected chi connectivity index (χ0v) is 14.7. The first-order chi connectivity index (χ1) is 12.0. The van der Waals surface area contributed by atoms with E-state index < -0.39 is 11.5 Å². The molecule has 0 bridgehead atoms. The molecule has 1 N–H and O–H groups in total. The number of para-hydroxylation sites is 1. The van der Waals surface area contributed by atoms with E-state index in [2.05, 4.69) is 4.98 Å². The first-order valence-electron chi connectivity index (χ1n) is 7.36. The minimum absolute atomic E-state index is 0.0171. The second-order valence-corrected chi connectivity index (χ2v) is 6.36. The fourth-order valence-corrected chi connectivity index (χ4v) is 3.24. The molecule has 0 atom stereocenters. The van der Waals surface area contributed by atoms with Crippen molar-refractivity contribution in [1.82, 2.24) is 9.38 Å². The quantitative estimate of drug-likeness (QED) is 0.734. The summed E-state index contributed by atoms with van der Waals surface area (Å²) in [5.74, 6) is -0.409. The smallest absolute Gasteiger partial charge is 0.347 e. The van der Waals surface area contributed by atoms with Crippen LogP contribution in [0, 0.1) is 0 Å². The number of carbonyl (C=O) groups is 1. The van der Waals surface area contributed by atoms with Crippen LogP contribution in [0.2, 0.25) is 5.02 Å². The van der Waals surface area contributed by atoms with Gasteiger partial charge in [0.25, 0.3) is 5.56 Å². The van der Waals surface area contributed by atoms with E-state index in [1.165, 1.54) is 6.20 Å². The molecule has 0 aliphatic carbocycles. The molecule has 0 amide bonds. The predicted molar refractivity (Wildman–Crippen MR) is 97.8 cm³/mol. The third-order valence-electron chi connectivity index (χ3n) is 3.35. The number of halogens is 1. The van der Waals surface area contributed by atoms with Gasteiger partial charge in [-0.25, -0.2) is 9.78 Å². The summed E-state index contributed by atoms with van der Waals surface area (Å²) in [5, 5.41) is 8.98. The van der Waals surface area contributed by atoms with Gasteiger partial charge in [-0.1, -0.05) is 41.1 Å². The molecule has 128 valence electrons. The van der Waals surface area contributed by atoms with Crippen LogP contribution < -0.4 is 10.3 Å². The third-order valence-corrected chi connectivity index (χ3v) is 4.68.